The van der Waals surface area contributed by atoms with Crippen molar-refractivity contribution in [3.63, 3.8) is 0 Å². The first-order valence-electron chi connectivity index (χ1n) is 11.5. The molecule has 172 valence electrons. The molecule has 3 aliphatic carbocycles. The summed E-state index contributed by atoms with van der Waals surface area (Å²) in [6.45, 7) is 0.951. The standard InChI is InChI=1S/C25H25N7O2/c26-11-15-9-18(13-29-12-15)20-3-4-22-24(20,14-30-32-28)7-6-21-19-2-1-17(23(33)31-34)10-16(19)5-8-25(21,22)27/h1-3,9-10,12,21-22,29H,4-8,13-14,27H2/t21?,22?,24-,25-/m0/s1. The molecule has 1 amide bonds. The summed E-state index contributed by atoms with van der Waals surface area (Å²) in [5, 5.41) is 19.2. The lowest BCUT2D eigenvalue weighted by Gasteiger charge is -2.57. The smallest absolute Gasteiger partial charge is 0.316 e. The van der Waals surface area contributed by atoms with Gasteiger partial charge in [0.1, 0.15) is 6.07 Å². The van der Waals surface area contributed by atoms with E-state index in [1.54, 1.807) is 18.3 Å². The van der Waals surface area contributed by atoms with E-state index in [4.69, 9.17) is 5.73 Å². The number of amides is 1. The molecule has 4 atom stereocenters. The molecule has 34 heavy (non-hydrogen) atoms. The van der Waals surface area contributed by atoms with E-state index < -0.39 is 11.4 Å². The number of hydrogen-bond acceptors (Lipinski definition) is 6. The highest BCUT2D eigenvalue weighted by Crippen LogP contribution is 2.63. The van der Waals surface area contributed by atoms with Gasteiger partial charge >= 0.3 is 5.91 Å². The summed E-state index contributed by atoms with van der Waals surface area (Å²) < 4.78 is 0. The van der Waals surface area contributed by atoms with Gasteiger partial charge in [0.15, 0.2) is 0 Å². The molecule has 0 spiro atoms. The van der Waals surface area contributed by atoms with E-state index in [1.807, 2.05) is 12.1 Å². The van der Waals surface area contributed by atoms with Crippen molar-refractivity contribution in [2.75, 3.05) is 13.1 Å². The molecule has 1 aromatic carbocycles. The fraction of sp³-hybridized carbons (Fsp3) is 0.440. The van der Waals surface area contributed by atoms with Gasteiger partial charge in [-0.05, 0) is 84.0 Å². The molecule has 1 fully saturated rings. The van der Waals surface area contributed by atoms with Gasteiger partial charge in [0.2, 0.25) is 0 Å². The maximum absolute atomic E-state index is 11.8. The Labute approximate surface area is 197 Å². The van der Waals surface area contributed by atoms with Crippen LogP contribution in [-0.4, -0.2) is 24.5 Å². The summed E-state index contributed by atoms with van der Waals surface area (Å²) in [7, 11) is 0. The van der Waals surface area contributed by atoms with E-state index in [2.05, 4.69) is 32.7 Å². The molecule has 4 aliphatic rings. The van der Waals surface area contributed by atoms with Gasteiger partial charge in [-0.3, -0.25) is 4.79 Å². The van der Waals surface area contributed by atoms with Crippen LogP contribution in [0.3, 0.4) is 0 Å². The number of aryl methyl sites for hydroxylation is 1. The molecule has 0 radical (unpaired) electrons. The number of azide groups is 1. The van der Waals surface area contributed by atoms with E-state index in [0.29, 0.717) is 30.6 Å². The lowest BCUT2D eigenvalue weighted by Crippen LogP contribution is -2.62. The predicted octanol–water partition coefficient (Wildman–Crippen LogP) is 4.29. The normalized spacial score (nSPS) is 31.1. The first kappa shape index (κ1) is 22.1. The van der Waals surface area contributed by atoms with Gasteiger partial charge in [-0.15, -0.1) is 4.91 Å². The number of nitrogens with zero attached hydrogens (tertiary/aromatic N) is 5. The lowest BCUT2D eigenvalue weighted by molar-refractivity contribution is 0.0415. The Kier molecular flexibility index (Phi) is 5.35. The molecule has 1 aromatic rings. The predicted molar refractivity (Wildman–Crippen MR) is 126 cm³/mol. The molecule has 5 rings (SSSR count). The number of carbonyl (C=O) groups is 1. The van der Waals surface area contributed by atoms with Gasteiger partial charge in [-0.1, -0.05) is 17.3 Å². The monoisotopic (exact) mass is 455 g/mol. The van der Waals surface area contributed by atoms with E-state index in [-0.39, 0.29) is 17.3 Å². The highest BCUT2D eigenvalue weighted by molar-refractivity contribution is 5.95. The van der Waals surface area contributed by atoms with Crippen LogP contribution in [0.1, 0.15) is 53.1 Å². The van der Waals surface area contributed by atoms with E-state index in [9.17, 15) is 20.5 Å². The highest BCUT2D eigenvalue weighted by atomic mass is 16.3. The first-order valence-corrected chi connectivity index (χ1v) is 11.5. The Morgan fingerprint density at radius 2 is 2.24 bits per heavy atom. The van der Waals surface area contributed by atoms with Crippen molar-refractivity contribution in [1.29, 1.82) is 5.26 Å². The van der Waals surface area contributed by atoms with Crippen molar-refractivity contribution in [3.8, 4) is 6.07 Å². The average molecular weight is 456 g/mol. The molecule has 2 unspecified atom stereocenters. The van der Waals surface area contributed by atoms with E-state index in [1.165, 1.54) is 0 Å². The van der Waals surface area contributed by atoms with Crippen LogP contribution in [-0.2, 0) is 6.42 Å². The van der Waals surface area contributed by atoms with Crippen LogP contribution in [0.15, 0.2) is 63.6 Å². The Morgan fingerprint density at radius 3 is 3.00 bits per heavy atom. The molecule has 1 aliphatic heterocycles. The summed E-state index contributed by atoms with van der Waals surface area (Å²) >= 11 is 0. The number of allylic oxidation sites excluding steroid dienone is 3. The first-order chi connectivity index (χ1) is 16.5. The third-order valence-corrected chi connectivity index (χ3v) is 8.38. The van der Waals surface area contributed by atoms with Crippen molar-refractivity contribution in [3.05, 3.63) is 85.3 Å². The fourth-order valence-corrected chi connectivity index (χ4v) is 6.97. The Morgan fingerprint density at radius 1 is 1.38 bits per heavy atom. The average Bonchev–Trinajstić information content (AvgIpc) is 3.27. The summed E-state index contributed by atoms with van der Waals surface area (Å²) in [4.78, 5) is 25.6. The van der Waals surface area contributed by atoms with Crippen molar-refractivity contribution in [2.24, 2.45) is 27.4 Å². The maximum atomic E-state index is 11.8. The molecule has 0 aromatic heterocycles. The largest absolute Gasteiger partial charge is 0.386 e. The van der Waals surface area contributed by atoms with Gasteiger partial charge in [0.05, 0.1) is 5.57 Å². The van der Waals surface area contributed by atoms with Crippen LogP contribution >= 0.6 is 0 Å². The van der Waals surface area contributed by atoms with E-state index in [0.717, 1.165) is 48.0 Å². The number of nitrogens with two attached hydrogens (primary N) is 1. The molecule has 0 saturated heterocycles. The molecule has 9 heteroatoms. The van der Waals surface area contributed by atoms with Gasteiger partial charge in [-0.25, -0.2) is 0 Å². The molecule has 1 heterocycles. The lowest BCUT2D eigenvalue weighted by atomic mass is 9.49. The fourth-order valence-electron chi connectivity index (χ4n) is 6.97. The van der Waals surface area contributed by atoms with Gasteiger partial charge in [-0.2, -0.15) is 5.26 Å². The number of nitrogens with one attached hydrogen (secondary N) is 1. The zero-order valence-corrected chi connectivity index (χ0v) is 18.7. The summed E-state index contributed by atoms with van der Waals surface area (Å²) in [6, 6.07) is 7.59. The molecular weight excluding hydrogens is 430 g/mol. The number of nitriles is 1. The number of benzene rings is 1. The molecule has 0 bridgehead atoms. The number of fused-ring (bicyclic) bond motifs is 5. The van der Waals surface area contributed by atoms with Crippen molar-refractivity contribution >= 4 is 5.91 Å². The Hall–Kier alpha value is -3.73. The van der Waals surface area contributed by atoms with Crippen LogP contribution in [0, 0.1) is 27.6 Å². The van der Waals surface area contributed by atoms with Crippen LogP contribution in [0.2, 0.25) is 0 Å². The zero-order valence-electron chi connectivity index (χ0n) is 18.7. The van der Waals surface area contributed by atoms with Gasteiger partial charge in [0.25, 0.3) is 0 Å². The minimum absolute atomic E-state index is 0.0858. The van der Waals surface area contributed by atoms with Crippen molar-refractivity contribution in [1.82, 2.24) is 5.32 Å². The van der Waals surface area contributed by atoms with Gasteiger partial charge < -0.3 is 11.1 Å². The Balaban J connectivity index is 1.54. The molecule has 3 N–H and O–H groups in total. The second kappa shape index (κ2) is 8.24. The summed E-state index contributed by atoms with van der Waals surface area (Å²) in [6.07, 6.45) is 9.73. The van der Waals surface area contributed by atoms with Crippen LogP contribution in [0.4, 0.5) is 0 Å². The van der Waals surface area contributed by atoms with Crippen LogP contribution < -0.4 is 11.1 Å². The topological polar surface area (TPSA) is 157 Å². The summed E-state index contributed by atoms with van der Waals surface area (Å²) in [5.74, 6) is -0.563. The second-order valence-corrected chi connectivity index (χ2v) is 9.73. The van der Waals surface area contributed by atoms with Crippen LogP contribution in [0.25, 0.3) is 10.4 Å². The van der Waals surface area contributed by atoms with Crippen molar-refractivity contribution in [2.45, 2.75) is 43.6 Å². The van der Waals surface area contributed by atoms with E-state index >= 15 is 0 Å². The quantitative estimate of drug-likeness (QED) is 0.299. The third kappa shape index (κ3) is 3.18. The molecular formula is C25H25N7O2. The zero-order chi connectivity index (χ0) is 23.9. The molecule has 1 saturated carbocycles. The minimum Gasteiger partial charge on any atom is -0.386 e. The van der Waals surface area contributed by atoms with Crippen LogP contribution in [0.5, 0.6) is 0 Å². The SMILES string of the molecule is N#CC1=CNCC(C2=CCC3[C@]2(CN=[N+]=[N-])CCC2c4ccc(C(=O)N=O)cc4CC[C@]23N)=C1. The van der Waals surface area contributed by atoms with Gasteiger partial charge in [0, 0.05) is 51.8 Å². The third-order valence-electron chi connectivity index (χ3n) is 8.38. The number of carbonyl (C=O) groups excluding carboxylic acids is 1. The summed E-state index contributed by atoms with van der Waals surface area (Å²) in [5.41, 5.74) is 20.9. The second-order valence-electron chi connectivity index (χ2n) is 9.73. The van der Waals surface area contributed by atoms with Crippen molar-refractivity contribution < 1.29 is 4.79 Å². The maximum Gasteiger partial charge on any atom is 0.316 e. The number of rotatable bonds is 4. The number of dihydropyridines is 1. The Bertz CT molecular complexity index is 1270. The molecule has 9 nitrogen and oxygen atoms in total. The number of hydrogen-bond donors (Lipinski definition) is 2. The minimum atomic E-state index is -0.755. The highest BCUT2D eigenvalue weighted by Gasteiger charge is 2.60. The number of nitroso groups, excluding NO2 is 1.